The number of anilines is 1. The van der Waals surface area contributed by atoms with Crippen LogP contribution in [0.5, 0.6) is 0 Å². The third-order valence-electron chi connectivity index (χ3n) is 3.74. The Bertz CT molecular complexity index is 468. The van der Waals surface area contributed by atoms with Crippen LogP contribution in [0.1, 0.15) is 29.8 Å². The van der Waals surface area contributed by atoms with Crippen LogP contribution < -0.4 is 11.1 Å². The molecule has 0 spiro atoms. The van der Waals surface area contributed by atoms with Crippen LogP contribution in [-0.2, 0) is 22.4 Å². The molecule has 1 saturated heterocycles. The summed E-state index contributed by atoms with van der Waals surface area (Å²) in [6, 6.07) is 0.239. The van der Waals surface area contributed by atoms with Crippen molar-refractivity contribution in [3.05, 3.63) is 10.6 Å². The molecule has 1 aromatic heterocycles. The van der Waals surface area contributed by atoms with Gasteiger partial charge in [0.2, 0.25) is 5.91 Å². The Balaban J connectivity index is 1.65. The first-order valence-corrected chi connectivity index (χ1v) is 7.67. The van der Waals surface area contributed by atoms with E-state index in [1.165, 1.54) is 4.88 Å². The fourth-order valence-electron chi connectivity index (χ4n) is 2.61. The summed E-state index contributed by atoms with van der Waals surface area (Å²) in [5.41, 5.74) is 7.06. The monoisotopic (exact) mass is 281 g/mol. The number of aromatic nitrogens is 1. The molecule has 1 aromatic rings. The number of hydrogen-bond donors (Lipinski definition) is 2. The van der Waals surface area contributed by atoms with E-state index in [0.29, 0.717) is 6.61 Å². The lowest BCUT2D eigenvalue weighted by molar-refractivity contribution is -0.123. The summed E-state index contributed by atoms with van der Waals surface area (Å²) in [5.74, 6) is 0.00651. The Kier molecular flexibility index (Phi) is 3.81. The van der Waals surface area contributed by atoms with Crippen molar-refractivity contribution in [1.29, 1.82) is 0 Å². The van der Waals surface area contributed by atoms with Crippen molar-refractivity contribution in [3.8, 4) is 0 Å². The Morgan fingerprint density at radius 3 is 3.16 bits per heavy atom. The number of fused-ring (bicyclic) bond motifs is 1. The number of thiazole rings is 1. The van der Waals surface area contributed by atoms with E-state index < -0.39 is 0 Å². The van der Waals surface area contributed by atoms with Crippen molar-refractivity contribution in [3.63, 3.8) is 0 Å². The lowest BCUT2D eigenvalue weighted by Gasteiger charge is -2.20. The number of rotatable bonds is 2. The van der Waals surface area contributed by atoms with Crippen LogP contribution in [-0.4, -0.2) is 30.1 Å². The summed E-state index contributed by atoms with van der Waals surface area (Å²) in [7, 11) is 0. The second kappa shape index (κ2) is 5.56. The van der Waals surface area contributed by atoms with Crippen molar-refractivity contribution >= 4 is 22.4 Å². The van der Waals surface area contributed by atoms with Gasteiger partial charge < -0.3 is 15.8 Å². The lowest BCUT2D eigenvalue weighted by Crippen LogP contribution is -2.30. The van der Waals surface area contributed by atoms with Crippen LogP contribution in [0.3, 0.4) is 0 Å². The number of nitrogens with two attached hydrogens (primary N) is 1. The summed E-state index contributed by atoms with van der Waals surface area (Å²) >= 11 is 1.57. The molecule has 6 heteroatoms. The molecule has 1 aliphatic heterocycles. The highest BCUT2D eigenvalue weighted by atomic mass is 32.1. The van der Waals surface area contributed by atoms with Crippen LogP contribution in [0.15, 0.2) is 0 Å². The molecular weight excluding hydrogens is 262 g/mol. The average molecular weight is 281 g/mol. The minimum absolute atomic E-state index is 0.0306. The van der Waals surface area contributed by atoms with Crippen molar-refractivity contribution in [2.75, 3.05) is 18.5 Å². The van der Waals surface area contributed by atoms with E-state index in [4.69, 9.17) is 10.5 Å². The zero-order chi connectivity index (χ0) is 13.2. The van der Waals surface area contributed by atoms with E-state index in [-0.39, 0.29) is 17.9 Å². The first kappa shape index (κ1) is 13.0. The van der Waals surface area contributed by atoms with E-state index in [0.717, 1.165) is 49.5 Å². The average Bonchev–Trinajstić information content (AvgIpc) is 2.81. The molecule has 1 aliphatic carbocycles. The van der Waals surface area contributed by atoms with Crippen molar-refractivity contribution in [2.24, 2.45) is 11.7 Å². The van der Waals surface area contributed by atoms with Crippen LogP contribution in [0.2, 0.25) is 0 Å². The minimum atomic E-state index is -0.0306. The molecule has 2 heterocycles. The molecule has 3 rings (SSSR count). The number of carbonyl (C=O) groups excluding carboxylic acids is 1. The smallest absolute Gasteiger partial charge is 0.231 e. The van der Waals surface area contributed by atoms with E-state index >= 15 is 0 Å². The highest BCUT2D eigenvalue weighted by molar-refractivity contribution is 7.15. The topological polar surface area (TPSA) is 77.2 Å². The van der Waals surface area contributed by atoms with Crippen LogP contribution >= 0.6 is 11.3 Å². The molecule has 5 nitrogen and oxygen atoms in total. The predicted octanol–water partition coefficient (Wildman–Crippen LogP) is 1.32. The molecule has 2 aliphatic rings. The van der Waals surface area contributed by atoms with Gasteiger partial charge in [-0.3, -0.25) is 4.79 Å². The van der Waals surface area contributed by atoms with E-state index in [1.807, 2.05) is 0 Å². The highest BCUT2D eigenvalue weighted by Gasteiger charge is 2.24. The van der Waals surface area contributed by atoms with Crippen LogP contribution in [0, 0.1) is 5.92 Å². The van der Waals surface area contributed by atoms with Crippen molar-refractivity contribution in [2.45, 2.75) is 38.1 Å². The molecule has 1 fully saturated rings. The number of nitrogens with one attached hydrogen (secondary N) is 1. The third kappa shape index (κ3) is 2.96. The maximum absolute atomic E-state index is 12.1. The van der Waals surface area contributed by atoms with Crippen molar-refractivity contribution in [1.82, 2.24) is 4.98 Å². The van der Waals surface area contributed by atoms with Gasteiger partial charge in [-0.1, -0.05) is 0 Å². The first-order chi connectivity index (χ1) is 9.22. The maximum atomic E-state index is 12.1. The van der Waals surface area contributed by atoms with Gasteiger partial charge >= 0.3 is 0 Å². The molecule has 1 amide bonds. The molecule has 104 valence electrons. The van der Waals surface area contributed by atoms with Gasteiger partial charge in [0, 0.05) is 17.5 Å². The van der Waals surface area contributed by atoms with Gasteiger partial charge in [0.15, 0.2) is 5.13 Å². The summed E-state index contributed by atoms with van der Waals surface area (Å²) in [4.78, 5) is 17.8. The van der Waals surface area contributed by atoms with Crippen LogP contribution in [0.4, 0.5) is 5.13 Å². The van der Waals surface area contributed by atoms with Gasteiger partial charge in [-0.2, -0.15) is 0 Å². The molecule has 0 bridgehead atoms. The van der Waals surface area contributed by atoms with E-state index in [2.05, 4.69) is 10.3 Å². The molecule has 0 aromatic carbocycles. The van der Waals surface area contributed by atoms with Gasteiger partial charge in [0.05, 0.1) is 18.2 Å². The zero-order valence-electron chi connectivity index (χ0n) is 10.9. The van der Waals surface area contributed by atoms with Gasteiger partial charge in [0.1, 0.15) is 0 Å². The first-order valence-electron chi connectivity index (χ1n) is 6.85. The Labute approximate surface area is 116 Å². The minimum Gasteiger partial charge on any atom is -0.381 e. The maximum Gasteiger partial charge on any atom is 0.231 e. The lowest BCUT2D eigenvalue weighted by atomic mass is 9.99. The van der Waals surface area contributed by atoms with Crippen molar-refractivity contribution < 1.29 is 9.53 Å². The second-order valence-electron chi connectivity index (χ2n) is 5.30. The SMILES string of the molecule is N[C@H]1CCc2nc(NC(=O)C3CCCOC3)sc2C1. The van der Waals surface area contributed by atoms with Crippen LogP contribution in [0.25, 0.3) is 0 Å². The van der Waals surface area contributed by atoms with Gasteiger partial charge in [-0.25, -0.2) is 4.98 Å². The number of amides is 1. The van der Waals surface area contributed by atoms with Gasteiger partial charge in [0.25, 0.3) is 0 Å². The number of aryl methyl sites for hydroxylation is 1. The van der Waals surface area contributed by atoms with Gasteiger partial charge in [-0.05, 0) is 32.1 Å². The van der Waals surface area contributed by atoms with Gasteiger partial charge in [-0.15, -0.1) is 11.3 Å². The number of hydrogen-bond acceptors (Lipinski definition) is 5. The van der Waals surface area contributed by atoms with E-state index in [1.54, 1.807) is 11.3 Å². The molecular formula is C13H19N3O2S. The number of nitrogens with zero attached hydrogens (tertiary/aromatic N) is 1. The summed E-state index contributed by atoms with van der Waals surface area (Å²) in [6.45, 7) is 1.30. The zero-order valence-corrected chi connectivity index (χ0v) is 11.7. The summed E-state index contributed by atoms with van der Waals surface area (Å²) in [6.07, 6.45) is 4.66. The summed E-state index contributed by atoms with van der Waals surface area (Å²) < 4.78 is 5.34. The Morgan fingerprint density at radius 1 is 1.47 bits per heavy atom. The number of carbonyl (C=O) groups is 1. The summed E-state index contributed by atoms with van der Waals surface area (Å²) in [5, 5.41) is 3.65. The van der Waals surface area contributed by atoms with E-state index in [9.17, 15) is 4.79 Å². The predicted molar refractivity (Wildman–Crippen MR) is 74.3 cm³/mol. The third-order valence-corrected chi connectivity index (χ3v) is 4.77. The molecule has 3 N–H and O–H groups in total. The standard InChI is InChI=1S/C13H19N3O2S/c14-9-3-4-10-11(6-9)19-13(15-10)16-12(17)8-2-1-5-18-7-8/h8-9H,1-7,14H2,(H,15,16,17)/t8?,9-/m0/s1. The molecule has 19 heavy (non-hydrogen) atoms. The molecule has 1 unspecified atom stereocenters. The second-order valence-corrected chi connectivity index (χ2v) is 6.38. The Morgan fingerprint density at radius 2 is 2.37 bits per heavy atom. The molecule has 0 saturated carbocycles. The quantitative estimate of drug-likeness (QED) is 0.857. The highest BCUT2D eigenvalue weighted by Crippen LogP contribution is 2.29. The molecule has 0 radical (unpaired) electrons. The fraction of sp³-hybridized carbons (Fsp3) is 0.692. The largest absolute Gasteiger partial charge is 0.381 e. The normalized spacial score (nSPS) is 26.8. The molecule has 2 atom stereocenters. The number of ether oxygens (including phenoxy) is 1. The fourth-order valence-corrected chi connectivity index (χ4v) is 3.71. The Hall–Kier alpha value is -0.980.